The van der Waals surface area contributed by atoms with Gasteiger partial charge in [-0.3, -0.25) is 9.59 Å². The van der Waals surface area contributed by atoms with Gasteiger partial charge in [0.2, 0.25) is 5.78 Å². The van der Waals surface area contributed by atoms with E-state index >= 15 is 0 Å². The molecule has 0 bridgehead atoms. The number of aromatic amines is 1. The molecule has 0 amide bonds. The summed E-state index contributed by atoms with van der Waals surface area (Å²) in [4.78, 5) is 40.3. The highest BCUT2D eigenvalue weighted by Crippen LogP contribution is 2.18. The quantitative estimate of drug-likeness (QED) is 0.381. The van der Waals surface area contributed by atoms with E-state index < -0.39 is 12.6 Å². The maximum absolute atomic E-state index is 12.7. The molecule has 31 heavy (non-hydrogen) atoms. The molecule has 0 aliphatic heterocycles. The van der Waals surface area contributed by atoms with Crippen molar-refractivity contribution in [2.75, 3.05) is 6.61 Å². The highest BCUT2D eigenvalue weighted by molar-refractivity contribution is 6.00. The minimum absolute atomic E-state index is 0.0195. The summed E-state index contributed by atoms with van der Waals surface area (Å²) >= 11 is 0. The number of hydrogen-bond donors (Lipinski definition) is 1. The fourth-order valence-corrected chi connectivity index (χ4v) is 3.69. The number of Topliss-reactive ketones (excluding diaryl/α,β-unsaturated/α-hetero) is 1. The number of ketones is 1. The van der Waals surface area contributed by atoms with Gasteiger partial charge in [-0.15, -0.1) is 0 Å². The van der Waals surface area contributed by atoms with Gasteiger partial charge in [-0.05, 0) is 37.6 Å². The Kier molecular flexibility index (Phi) is 5.54. The molecule has 6 nitrogen and oxygen atoms in total. The van der Waals surface area contributed by atoms with Gasteiger partial charge >= 0.3 is 5.97 Å². The van der Waals surface area contributed by atoms with Crippen molar-refractivity contribution in [2.45, 2.75) is 20.4 Å². The number of aromatic nitrogens is 2. The third kappa shape index (κ3) is 4.19. The zero-order valence-electron chi connectivity index (χ0n) is 17.3. The summed E-state index contributed by atoms with van der Waals surface area (Å²) in [6.45, 7) is 4.08. The van der Waals surface area contributed by atoms with Crippen LogP contribution in [0.2, 0.25) is 0 Å². The predicted molar refractivity (Wildman–Crippen MR) is 119 cm³/mol. The van der Waals surface area contributed by atoms with Crippen molar-refractivity contribution < 1.29 is 14.3 Å². The van der Waals surface area contributed by atoms with E-state index in [-0.39, 0.29) is 16.9 Å². The molecule has 2 aromatic heterocycles. The summed E-state index contributed by atoms with van der Waals surface area (Å²) in [5.74, 6) is -1.03. The first kappa shape index (κ1) is 20.3. The molecule has 0 fully saturated rings. The molecule has 0 saturated heterocycles. The van der Waals surface area contributed by atoms with E-state index in [9.17, 15) is 14.4 Å². The van der Waals surface area contributed by atoms with Gasteiger partial charge in [0.25, 0.3) is 0 Å². The summed E-state index contributed by atoms with van der Waals surface area (Å²) in [6.07, 6.45) is 0. The van der Waals surface area contributed by atoms with Crippen molar-refractivity contribution in [3.63, 3.8) is 0 Å². The monoisotopic (exact) mass is 414 g/mol. The van der Waals surface area contributed by atoms with Crippen molar-refractivity contribution in [3.05, 3.63) is 105 Å². The van der Waals surface area contributed by atoms with E-state index in [4.69, 9.17) is 4.74 Å². The number of rotatable bonds is 6. The SMILES string of the molecule is Cc1cc(C(=O)COC(=O)c2cc(=O)c3ccccc3[nH]2)c(C)n1Cc1ccccc1. The Balaban J connectivity index is 1.48. The third-order valence-electron chi connectivity index (χ3n) is 5.35. The fraction of sp³-hybridized carbons (Fsp3) is 0.160. The van der Waals surface area contributed by atoms with E-state index in [0.717, 1.165) is 17.0 Å². The molecule has 1 N–H and O–H groups in total. The first-order valence-electron chi connectivity index (χ1n) is 9.97. The van der Waals surface area contributed by atoms with Gasteiger partial charge in [0, 0.05) is 40.5 Å². The van der Waals surface area contributed by atoms with Crippen LogP contribution in [0.3, 0.4) is 0 Å². The number of carbonyl (C=O) groups excluding carboxylic acids is 2. The number of nitrogens with zero attached hydrogens (tertiary/aromatic N) is 1. The molecule has 0 spiro atoms. The van der Waals surface area contributed by atoms with Gasteiger partial charge in [0.15, 0.2) is 12.0 Å². The first-order valence-corrected chi connectivity index (χ1v) is 9.97. The smallest absolute Gasteiger partial charge is 0.355 e. The molecule has 4 rings (SSSR count). The number of H-pyrrole nitrogens is 1. The van der Waals surface area contributed by atoms with Crippen molar-refractivity contribution in [1.29, 1.82) is 0 Å². The van der Waals surface area contributed by atoms with Crippen molar-refractivity contribution in [2.24, 2.45) is 0 Å². The number of nitrogens with one attached hydrogen (secondary N) is 1. The highest BCUT2D eigenvalue weighted by atomic mass is 16.5. The van der Waals surface area contributed by atoms with Crippen LogP contribution in [0, 0.1) is 13.8 Å². The number of aryl methyl sites for hydroxylation is 1. The zero-order chi connectivity index (χ0) is 22.0. The second-order valence-electron chi connectivity index (χ2n) is 7.45. The van der Waals surface area contributed by atoms with Crippen LogP contribution < -0.4 is 5.43 Å². The molecule has 2 heterocycles. The lowest BCUT2D eigenvalue weighted by atomic mass is 10.1. The molecule has 0 saturated carbocycles. The van der Waals surface area contributed by atoms with Crippen LogP contribution in [0.15, 0.2) is 71.5 Å². The standard InChI is InChI=1S/C25H22N2O4/c1-16-12-20(17(2)27(16)14-18-8-4-3-5-9-18)24(29)15-31-25(30)22-13-23(28)19-10-6-7-11-21(19)26-22/h3-13H,14-15H2,1-2H3,(H,26,28). The Morgan fingerprint density at radius 2 is 1.68 bits per heavy atom. The molecule has 0 atom stereocenters. The topological polar surface area (TPSA) is 81.2 Å². The molecule has 0 aliphatic carbocycles. The van der Waals surface area contributed by atoms with E-state index in [1.165, 1.54) is 6.07 Å². The number of para-hydroxylation sites is 1. The fourth-order valence-electron chi connectivity index (χ4n) is 3.69. The van der Waals surface area contributed by atoms with Crippen LogP contribution in [0.5, 0.6) is 0 Å². The summed E-state index contributed by atoms with van der Waals surface area (Å²) in [5, 5.41) is 0.487. The molecular weight excluding hydrogens is 392 g/mol. The Labute approximate surface area is 179 Å². The number of esters is 1. The van der Waals surface area contributed by atoms with Crippen molar-refractivity contribution in [1.82, 2.24) is 9.55 Å². The number of hydrogen-bond acceptors (Lipinski definition) is 4. The summed E-state index contributed by atoms with van der Waals surface area (Å²) < 4.78 is 7.26. The lowest BCUT2D eigenvalue weighted by Crippen LogP contribution is -2.18. The molecule has 0 aliphatic rings. The molecule has 0 radical (unpaired) electrons. The minimum atomic E-state index is -0.741. The lowest BCUT2D eigenvalue weighted by molar-refractivity contribution is 0.0469. The van der Waals surface area contributed by atoms with E-state index in [1.54, 1.807) is 24.3 Å². The Hall–Kier alpha value is -3.93. The lowest BCUT2D eigenvalue weighted by Gasteiger charge is -2.10. The van der Waals surface area contributed by atoms with Crippen LogP contribution in [-0.4, -0.2) is 27.9 Å². The third-order valence-corrected chi connectivity index (χ3v) is 5.35. The summed E-state index contributed by atoms with van der Waals surface area (Å²) in [7, 11) is 0. The van der Waals surface area contributed by atoms with Gasteiger partial charge in [0.05, 0.1) is 0 Å². The van der Waals surface area contributed by atoms with Crippen LogP contribution in [0.1, 0.15) is 37.8 Å². The maximum Gasteiger partial charge on any atom is 0.355 e. The zero-order valence-corrected chi connectivity index (χ0v) is 17.3. The molecule has 6 heteroatoms. The largest absolute Gasteiger partial charge is 0.453 e. The summed E-state index contributed by atoms with van der Waals surface area (Å²) in [5.41, 5.74) is 3.71. The van der Waals surface area contributed by atoms with Crippen molar-refractivity contribution >= 4 is 22.7 Å². The van der Waals surface area contributed by atoms with E-state index in [1.807, 2.05) is 50.2 Å². The van der Waals surface area contributed by atoms with Crippen LogP contribution in [-0.2, 0) is 11.3 Å². The van der Waals surface area contributed by atoms with Gasteiger partial charge in [-0.1, -0.05) is 42.5 Å². The second-order valence-corrected chi connectivity index (χ2v) is 7.45. The number of fused-ring (bicyclic) bond motifs is 1. The first-order chi connectivity index (χ1) is 14.9. The normalized spacial score (nSPS) is 10.9. The average molecular weight is 414 g/mol. The second kappa shape index (κ2) is 8.44. The van der Waals surface area contributed by atoms with Crippen LogP contribution in [0.4, 0.5) is 0 Å². The number of carbonyl (C=O) groups is 2. The van der Waals surface area contributed by atoms with E-state index in [2.05, 4.69) is 9.55 Å². The molecule has 156 valence electrons. The van der Waals surface area contributed by atoms with Gasteiger partial charge < -0.3 is 14.3 Å². The highest BCUT2D eigenvalue weighted by Gasteiger charge is 2.19. The Morgan fingerprint density at radius 3 is 2.45 bits per heavy atom. The Bertz CT molecular complexity index is 1330. The minimum Gasteiger partial charge on any atom is -0.453 e. The molecular formula is C25H22N2O4. The predicted octanol–water partition coefficient (Wildman–Crippen LogP) is 4.03. The number of benzene rings is 2. The average Bonchev–Trinajstić information content (AvgIpc) is 3.06. The number of pyridine rings is 1. The molecule has 2 aromatic carbocycles. The van der Waals surface area contributed by atoms with Crippen molar-refractivity contribution in [3.8, 4) is 0 Å². The number of ether oxygens (including phenoxy) is 1. The van der Waals surface area contributed by atoms with Gasteiger partial charge in [-0.2, -0.15) is 0 Å². The van der Waals surface area contributed by atoms with Crippen LogP contribution >= 0.6 is 0 Å². The van der Waals surface area contributed by atoms with Crippen LogP contribution in [0.25, 0.3) is 10.9 Å². The molecule has 0 unspecified atom stereocenters. The Morgan fingerprint density at radius 1 is 0.968 bits per heavy atom. The maximum atomic E-state index is 12.7. The summed E-state index contributed by atoms with van der Waals surface area (Å²) in [6, 6.07) is 19.9. The van der Waals surface area contributed by atoms with Gasteiger partial charge in [0.1, 0.15) is 5.69 Å². The van der Waals surface area contributed by atoms with E-state index in [0.29, 0.717) is 23.0 Å². The van der Waals surface area contributed by atoms with Gasteiger partial charge in [-0.25, -0.2) is 4.79 Å². The molecule has 4 aromatic rings.